The zero-order valence-electron chi connectivity index (χ0n) is 9.73. The van der Waals surface area contributed by atoms with Crippen LogP contribution in [0, 0.1) is 0 Å². The summed E-state index contributed by atoms with van der Waals surface area (Å²) >= 11 is 0. The van der Waals surface area contributed by atoms with Crippen LogP contribution in [0.15, 0.2) is 0 Å². The molecule has 0 aromatic heterocycles. The molecule has 0 aliphatic heterocycles. The summed E-state index contributed by atoms with van der Waals surface area (Å²) in [7, 11) is -3.03. The molecular formula is C6H10NaO9P. The third kappa shape index (κ3) is 7.61. The average molecular weight is 280 g/mol. The maximum absolute atomic E-state index is 10.8. The van der Waals surface area contributed by atoms with Gasteiger partial charge in [0.15, 0.2) is 5.60 Å². The van der Waals surface area contributed by atoms with Crippen molar-refractivity contribution in [3.8, 4) is 0 Å². The van der Waals surface area contributed by atoms with Crippen molar-refractivity contribution in [3.05, 3.63) is 0 Å². The second-order valence-electron chi connectivity index (χ2n) is 2.80. The van der Waals surface area contributed by atoms with Crippen LogP contribution in [-0.4, -0.2) is 48.6 Å². The molecule has 1 atom stereocenters. The standard InChI is InChI=1S/C6H9O9P.Na.H/c7-3(8)1-6(12,5(10)11)2-4(9)15-16(13)14;;/h12-14H,1-2H2,(H,7,8)(H,10,11);;/q;+1;-1. The first kappa shape index (κ1) is 19.1. The molecule has 0 aliphatic rings. The number of carboxylic acid groups (broad SMARTS) is 2. The quantitative estimate of drug-likeness (QED) is 0.238. The average Bonchev–Trinajstić information content (AvgIpc) is 1.98. The number of carbonyl (C=O) groups is 3. The summed E-state index contributed by atoms with van der Waals surface area (Å²) in [6.45, 7) is 0. The molecule has 0 saturated heterocycles. The van der Waals surface area contributed by atoms with E-state index in [0.717, 1.165) is 0 Å². The van der Waals surface area contributed by atoms with E-state index in [1.807, 2.05) is 0 Å². The molecule has 9 nitrogen and oxygen atoms in total. The van der Waals surface area contributed by atoms with Crippen LogP contribution in [0.25, 0.3) is 0 Å². The molecule has 0 amide bonds. The van der Waals surface area contributed by atoms with E-state index >= 15 is 0 Å². The number of aliphatic hydroxyl groups is 1. The minimum atomic E-state index is -3.03. The van der Waals surface area contributed by atoms with Gasteiger partial charge in [0, 0.05) is 0 Å². The van der Waals surface area contributed by atoms with Crippen molar-refractivity contribution in [2.24, 2.45) is 0 Å². The molecule has 0 aromatic carbocycles. The number of carboxylic acids is 2. The Kier molecular flexibility index (Phi) is 8.90. The number of carbonyl (C=O) groups excluding carboxylic acids is 1. The van der Waals surface area contributed by atoms with Gasteiger partial charge in [-0.1, -0.05) is 0 Å². The van der Waals surface area contributed by atoms with Gasteiger partial charge in [0.1, 0.15) is 0 Å². The van der Waals surface area contributed by atoms with E-state index in [-0.39, 0.29) is 31.0 Å². The predicted molar refractivity (Wildman–Crippen MR) is 48.0 cm³/mol. The Morgan fingerprint density at radius 1 is 1.18 bits per heavy atom. The fourth-order valence-corrected chi connectivity index (χ4v) is 1.07. The Bertz CT molecular complexity index is 311. The number of hydrogen-bond donors (Lipinski definition) is 5. The van der Waals surface area contributed by atoms with Crippen molar-refractivity contribution in [3.63, 3.8) is 0 Å². The van der Waals surface area contributed by atoms with Gasteiger partial charge < -0.3 is 31.1 Å². The predicted octanol–water partition coefficient (Wildman–Crippen LogP) is -4.46. The Morgan fingerprint density at radius 3 is 1.94 bits per heavy atom. The Hall–Kier alpha value is -0.280. The van der Waals surface area contributed by atoms with E-state index in [9.17, 15) is 19.5 Å². The summed E-state index contributed by atoms with van der Waals surface area (Å²) in [6.07, 6.45) is -2.42. The van der Waals surface area contributed by atoms with E-state index in [4.69, 9.17) is 20.0 Å². The summed E-state index contributed by atoms with van der Waals surface area (Å²) in [4.78, 5) is 48.1. The molecule has 0 bridgehead atoms. The fraction of sp³-hybridized carbons (Fsp3) is 0.500. The number of aliphatic carboxylic acids is 2. The van der Waals surface area contributed by atoms with Crippen LogP contribution < -0.4 is 29.6 Å². The van der Waals surface area contributed by atoms with Gasteiger partial charge in [-0.25, -0.2) is 4.79 Å². The molecule has 0 heterocycles. The van der Waals surface area contributed by atoms with Crippen molar-refractivity contribution < 1.29 is 75.0 Å². The number of rotatable bonds is 6. The van der Waals surface area contributed by atoms with E-state index < -0.39 is 45.0 Å². The van der Waals surface area contributed by atoms with Crippen LogP contribution in [0.3, 0.4) is 0 Å². The van der Waals surface area contributed by atoms with Crippen molar-refractivity contribution in [2.45, 2.75) is 18.4 Å². The second kappa shape index (κ2) is 7.93. The smallest absolute Gasteiger partial charge is 1.00 e. The molecule has 0 fully saturated rings. The molecule has 0 radical (unpaired) electrons. The van der Waals surface area contributed by atoms with Crippen LogP contribution in [0.5, 0.6) is 0 Å². The molecule has 5 N–H and O–H groups in total. The maximum atomic E-state index is 10.8. The Balaban J connectivity index is -0.00000112. The van der Waals surface area contributed by atoms with Gasteiger partial charge >= 0.3 is 56.1 Å². The normalized spacial score (nSPS) is 13.4. The zero-order chi connectivity index (χ0) is 12.9. The van der Waals surface area contributed by atoms with E-state index in [2.05, 4.69) is 4.52 Å². The van der Waals surface area contributed by atoms with Gasteiger partial charge in [-0.2, -0.15) is 0 Å². The van der Waals surface area contributed by atoms with Gasteiger partial charge in [0.2, 0.25) is 0 Å². The molecule has 0 aromatic rings. The molecule has 0 saturated carbocycles. The molecule has 1 unspecified atom stereocenters. The largest absolute Gasteiger partial charge is 1.00 e. The van der Waals surface area contributed by atoms with Gasteiger partial charge in [-0.05, 0) is 0 Å². The summed E-state index contributed by atoms with van der Waals surface area (Å²) in [5, 5.41) is 26.2. The first-order valence-corrected chi connectivity index (χ1v) is 4.90. The minimum Gasteiger partial charge on any atom is -1.00 e. The van der Waals surface area contributed by atoms with Crippen molar-refractivity contribution >= 4 is 26.5 Å². The SMILES string of the molecule is O=C(O)CC(O)(CC(=O)OP(O)O)C(=O)O.[H-].[Na+]. The molecule has 11 heteroatoms. The van der Waals surface area contributed by atoms with Gasteiger partial charge in [-0.15, -0.1) is 0 Å². The van der Waals surface area contributed by atoms with Crippen LogP contribution in [0.4, 0.5) is 0 Å². The first-order valence-electron chi connectivity index (χ1n) is 3.73. The van der Waals surface area contributed by atoms with Gasteiger partial charge in [-0.3, -0.25) is 9.59 Å². The summed E-state index contributed by atoms with van der Waals surface area (Å²) < 4.78 is 3.80. The third-order valence-corrected chi connectivity index (χ3v) is 1.83. The number of hydrogen-bond acceptors (Lipinski definition) is 7. The second-order valence-corrected chi connectivity index (χ2v) is 3.49. The van der Waals surface area contributed by atoms with Crippen LogP contribution in [0.2, 0.25) is 0 Å². The molecule has 0 spiro atoms. The zero-order valence-corrected chi connectivity index (χ0v) is 11.6. The summed E-state index contributed by atoms with van der Waals surface area (Å²) in [6, 6.07) is 0. The molecular weight excluding hydrogens is 270 g/mol. The van der Waals surface area contributed by atoms with Crippen LogP contribution in [-0.2, 0) is 18.9 Å². The molecule has 17 heavy (non-hydrogen) atoms. The van der Waals surface area contributed by atoms with Crippen molar-refractivity contribution in [1.29, 1.82) is 0 Å². The van der Waals surface area contributed by atoms with Crippen LogP contribution >= 0.6 is 8.60 Å². The van der Waals surface area contributed by atoms with Crippen molar-refractivity contribution in [2.75, 3.05) is 0 Å². The fourth-order valence-electron chi connectivity index (χ4n) is 0.826. The minimum absolute atomic E-state index is 0. The maximum Gasteiger partial charge on any atom is 1.00 e. The summed E-state index contributed by atoms with van der Waals surface area (Å²) in [5.41, 5.74) is -2.84. The summed E-state index contributed by atoms with van der Waals surface area (Å²) in [5.74, 6) is -4.98. The third-order valence-electron chi connectivity index (χ3n) is 1.46. The van der Waals surface area contributed by atoms with E-state index in [0.29, 0.717) is 0 Å². The topological polar surface area (TPSA) is 162 Å². The Labute approximate surface area is 120 Å². The first-order chi connectivity index (χ1) is 7.17. The van der Waals surface area contributed by atoms with Gasteiger partial charge in [0.05, 0.1) is 12.8 Å². The Morgan fingerprint density at radius 2 is 1.65 bits per heavy atom. The van der Waals surface area contributed by atoms with E-state index in [1.165, 1.54) is 0 Å². The van der Waals surface area contributed by atoms with Gasteiger partial charge in [0.25, 0.3) is 0 Å². The monoisotopic (exact) mass is 280 g/mol. The van der Waals surface area contributed by atoms with Crippen molar-refractivity contribution in [1.82, 2.24) is 0 Å². The molecule has 94 valence electrons. The molecule has 0 aliphatic carbocycles. The van der Waals surface area contributed by atoms with E-state index in [1.54, 1.807) is 0 Å². The molecule has 0 rings (SSSR count). The van der Waals surface area contributed by atoms with Crippen LogP contribution in [0.1, 0.15) is 14.3 Å².